The van der Waals surface area contributed by atoms with Crippen LogP contribution in [0.2, 0.25) is 0 Å². The van der Waals surface area contributed by atoms with E-state index in [1.54, 1.807) is 24.0 Å². The van der Waals surface area contributed by atoms with E-state index in [-0.39, 0.29) is 17.6 Å². The second-order valence-corrected chi connectivity index (χ2v) is 6.81. The number of rotatable bonds is 2. The minimum Gasteiger partial charge on any atom is -0.390 e. The topological polar surface area (TPSA) is 63.4 Å². The Hall–Kier alpha value is -2.14. The van der Waals surface area contributed by atoms with Crippen molar-refractivity contribution in [3.05, 3.63) is 51.9 Å². The number of nitrogens with zero attached hydrogens (tertiary/aromatic N) is 1. The lowest BCUT2D eigenvalue weighted by Gasteiger charge is -2.30. The number of nitrogen functional groups attached to an aromatic ring is 1. The van der Waals surface area contributed by atoms with Gasteiger partial charge in [-0.25, -0.2) is 0 Å². The van der Waals surface area contributed by atoms with Crippen LogP contribution < -0.4 is 5.73 Å². The summed E-state index contributed by atoms with van der Waals surface area (Å²) >= 11 is 1.43. The van der Waals surface area contributed by atoms with Gasteiger partial charge in [-0.2, -0.15) is 0 Å². The molecule has 1 atom stereocenters. The molecule has 4 nitrogen and oxygen atoms in total. The molecule has 0 radical (unpaired) electrons. The molecule has 0 aliphatic carbocycles. The van der Waals surface area contributed by atoms with E-state index in [0.29, 0.717) is 29.2 Å². The first kappa shape index (κ1) is 14.8. The molecule has 22 heavy (non-hydrogen) atoms. The molecule has 0 spiro atoms. The molecule has 5 heteroatoms. The highest BCUT2D eigenvalue weighted by atomic mass is 32.1. The Morgan fingerprint density at radius 2 is 1.95 bits per heavy atom. The Kier molecular flexibility index (Phi) is 3.74. The molecule has 0 bridgehead atoms. The van der Waals surface area contributed by atoms with Crippen molar-refractivity contribution >= 4 is 28.0 Å². The summed E-state index contributed by atoms with van der Waals surface area (Å²) in [5, 5.41) is 0.552. The summed E-state index contributed by atoms with van der Waals surface area (Å²) in [6.07, 6.45) is 0. The number of nitrogens with two attached hydrogens (primary N) is 1. The summed E-state index contributed by atoms with van der Waals surface area (Å²) in [5.41, 5.74) is 8.44. The molecule has 0 fully saturated rings. The highest BCUT2D eigenvalue weighted by Gasteiger charge is 2.32. The number of fused-ring (bicyclic) bond motifs is 1. The van der Waals surface area contributed by atoms with Crippen LogP contribution in [0.15, 0.2) is 30.3 Å². The molecule has 1 aromatic heterocycles. The van der Waals surface area contributed by atoms with Crippen molar-refractivity contribution in [2.24, 2.45) is 0 Å². The normalized spacial score (nSPS) is 17.2. The Morgan fingerprint density at radius 3 is 2.59 bits per heavy atom. The highest BCUT2D eigenvalue weighted by molar-refractivity contribution is 7.16. The van der Waals surface area contributed by atoms with Crippen LogP contribution in [0.4, 0.5) is 5.00 Å². The third-order valence-electron chi connectivity index (χ3n) is 4.08. The van der Waals surface area contributed by atoms with Gasteiger partial charge < -0.3 is 10.6 Å². The molecular formula is C17H18N2O2S. The monoisotopic (exact) mass is 314 g/mol. The number of thiophene rings is 1. The highest BCUT2D eigenvalue weighted by Crippen LogP contribution is 2.41. The average molecular weight is 314 g/mol. The third-order valence-corrected chi connectivity index (χ3v) is 5.10. The number of ketones is 1. The smallest absolute Gasteiger partial charge is 0.219 e. The Labute approximate surface area is 133 Å². The van der Waals surface area contributed by atoms with Gasteiger partial charge in [0.1, 0.15) is 0 Å². The summed E-state index contributed by atoms with van der Waals surface area (Å²) in [6.45, 7) is 4.80. The molecule has 1 aliphatic rings. The Morgan fingerprint density at radius 1 is 1.27 bits per heavy atom. The minimum absolute atomic E-state index is 0.0290. The third kappa shape index (κ3) is 2.41. The van der Waals surface area contributed by atoms with Crippen molar-refractivity contribution in [1.82, 2.24) is 4.90 Å². The van der Waals surface area contributed by atoms with E-state index in [2.05, 4.69) is 0 Å². The first-order valence-electron chi connectivity index (χ1n) is 7.25. The van der Waals surface area contributed by atoms with Gasteiger partial charge in [-0.1, -0.05) is 37.3 Å². The second kappa shape index (κ2) is 5.57. The molecule has 114 valence electrons. The van der Waals surface area contributed by atoms with Gasteiger partial charge >= 0.3 is 0 Å². The van der Waals surface area contributed by atoms with Gasteiger partial charge in [-0.3, -0.25) is 9.59 Å². The van der Waals surface area contributed by atoms with Crippen LogP contribution in [0.1, 0.15) is 46.1 Å². The van der Waals surface area contributed by atoms with E-state index in [1.807, 2.05) is 25.1 Å². The lowest BCUT2D eigenvalue weighted by Crippen LogP contribution is -2.35. The van der Waals surface area contributed by atoms with Gasteiger partial charge in [0, 0.05) is 29.8 Å². The molecule has 1 aliphatic heterocycles. The fourth-order valence-corrected chi connectivity index (χ4v) is 4.22. The van der Waals surface area contributed by atoms with Gasteiger partial charge in [-0.05, 0) is 5.56 Å². The van der Waals surface area contributed by atoms with Gasteiger partial charge in [0.05, 0.1) is 17.1 Å². The Bertz CT molecular complexity index is 737. The summed E-state index contributed by atoms with van der Waals surface area (Å²) in [6, 6.07) is 9.20. The first-order valence-corrected chi connectivity index (χ1v) is 8.07. The van der Waals surface area contributed by atoms with Gasteiger partial charge in [0.15, 0.2) is 5.78 Å². The minimum atomic E-state index is -0.0290. The van der Waals surface area contributed by atoms with E-state index in [1.165, 1.54) is 11.3 Å². The van der Waals surface area contributed by atoms with Crippen LogP contribution >= 0.6 is 11.3 Å². The lowest BCUT2D eigenvalue weighted by molar-refractivity contribution is -0.129. The van der Waals surface area contributed by atoms with Crippen LogP contribution in [-0.4, -0.2) is 23.1 Å². The molecule has 3 rings (SSSR count). The van der Waals surface area contributed by atoms with E-state index >= 15 is 0 Å². The maximum Gasteiger partial charge on any atom is 0.219 e. The van der Waals surface area contributed by atoms with Crippen molar-refractivity contribution in [1.29, 1.82) is 0 Å². The molecule has 2 aromatic rings. The number of hydrogen-bond acceptors (Lipinski definition) is 4. The summed E-state index contributed by atoms with van der Waals surface area (Å²) in [4.78, 5) is 27.3. The van der Waals surface area contributed by atoms with Crippen molar-refractivity contribution in [3.8, 4) is 0 Å². The van der Waals surface area contributed by atoms with E-state index < -0.39 is 0 Å². The van der Waals surface area contributed by atoms with Crippen molar-refractivity contribution in [2.75, 3.05) is 12.3 Å². The van der Waals surface area contributed by atoms with Crippen LogP contribution in [0, 0.1) is 0 Å². The number of carbonyl (C=O) groups is 2. The SMILES string of the molecule is CC(=O)N1Cc2sc(N)c(C(=O)c3ccccc3)c2C(C)C1. The van der Waals surface area contributed by atoms with Crippen LogP contribution in [0.5, 0.6) is 0 Å². The number of carbonyl (C=O) groups excluding carboxylic acids is 2. The summed E-state index contributed by atoms with van der Waals surface area (Å²) in [5.74, 6) is 0.142. The maximum absolute atomic E-state index is 12.8. The molecule has 1 amide bonds. The average Bonchev–Trinajstić information content (AvgIpc) is 2.84. The molecule has 2 heterocycles. The number of hydrogen-bond donors (Lipinski definition) is 1. The van der Waals surface area contributed by atoms with E-state index in [0.717, 1.165) is 10.4 Å². The van der Waals surface area contributed by atoms with Crippen molar-refractivity contribution in [3.63, 3.8) is 0 Å². The second-order valence-electron chi connectivity index (χ2n) is 5.67. The zero-order chi connectivity index (χ0) is 15.9. The zero-order valence-electron chi connectivity index (χ0n) is 12.6. The predicted octanol–water partition coefficient (Wildman–Crippen LogP) is 3.03. The largest absolute Gasteiger partial charge is 0.390 e. The number of amides is 1. The zero-order valence-corrected chi connectivity index (χ0v) is 13.4. The molecule has 2 N–H and O–H groups in total. The van der Waals surface area contributed by atoms with E-state index in [4.69, 9.17) is 5.73 Å². The van der Waals surface area contributed by atoms with Gasteiger partial charge in [0.2, 0.25) is 5.91 Å². The predicted molar refractivity (Wildman–Crippen MR) is 88.1 cm³/mol. The van der Waals surface area contributed by atoms with Crippen LogP contribution in [0.3, 0.4) is 0 Å². The summed E-state index contributed by atoms with van der Waals surface area (Å²) < 4.78 is 0. The van der Waals surface area contributed by atoms with Gasteiger partial charge in [0.25, 0.3) is 0 Å². The first-order chi connectivity index (χ1) is 10.5. The van der Waals surface area contributed by atoms with E-state index in [9.17, 15) is 9.59 Å². The quantitative estimate of drug-likeness (QED) is 0.867. The Balaban J connectivity index is 2.05. The maximum atomic E-state index is 12.8. The fourth-order valence-electron chi connectivity index (χ4n) is 3.02. The van der Waals surface area contributed by atoms with Crippen molar-refractivity contribution < 1.29 is 9.59 Å². The molecule has 1 aromatic carbocycles. The van der Waals surface area contributed by atoms with Crippen LogP contribution in [0.25, 0.3) is 0 Å². The lowest BCUT2D eigenvalue weighted by atomic mass is 9.89. The molecule has 0 saturated heterocycles. The molecular weight excluding hydrogens is 296 g/mol. The molecule has 1 unspecified atom stereocenters. The number of anilines is 1. The van der Waals surface area contributed by atoms with Crippen LogP contribution in [-0.2, 0) is 11.3 Å². The number of benzene rings is 1. The summed E-state index contributed by atoms with van der Waals surface area (Å²) in [7, 11) is 0. The fraction of sp³-hybridized carbons (Fsp3) is 0.294. The van der Waals surface area contributed by atoms with Gasteiger partial charge in [-0.15, -0.1) is 11.3 Å². The molecule has 0 saturated carbocycles. The standard InChI is InChI=1S/C17H18N2O2S/c1-10-8-19(11(2)20)9-13-14(10)15(17(18)22-13)16(21)12-6-4-3-5-7-12/h3-7,10H,8-9,18H2,1-2H3. The van der Waals surface area contributed by atoms with Crippen molar-refractivity contribution in [2.45, 2.75) is 26.3 Å².